The van der Waals surface area contributed by atoms with E-state index >= 15 is 0 Å². The molecule has 51 valence electrons. The summed E-state index contributed by atoms with van der Waals surface area (Å²) < 4.78 is 13.1. The Labute approximate surface area is 68.4 Å². The molecule has 0 aliphatic rings. The van der Waals surface area contributed by atoms with Gasteiger partial charge in [0.15, 0.2) is 0 Å². The quantitative estimate of drug-likeness (QED) is 0.535. The summed E-state index contributed by atoms with van der Waals surface area (Å²) >= 11 is 0. The Bertz CT molecular complexity index is 58.6. The van der Waals surface area contributed by atoms with Gasteiger partial charge < -0.3 is 18.1 Å². The van der Waals surface area contributed by atoms with Gasteiger partial charge >= 0.3 is 28.5 Å². The Hall–Kier alpha value is 0.680. The Morgan fingerprint density at radius 1 is 1.00 bits per heavy atom. The van der Waals surface area contributed by atoms with Crippen molar-refractivity contribution in [3.8, 4) is 0 Å². The maximum absolute atomic E-state index is 10.7. The van der Waals surface area contributed by atoms with Crippen molar-refractivity contribution >= 4 is 9.05 Å². The van der Waals surface area contributed by atoms with E-state index in [4.69, 9.17) is 0 Å². The van der Waals surface area contributed by atoms with Crippen molar-refractivity contribution in [1.82, 2.24) is 0 Å². The van der Waals surface area contributed by atoms with Crippen LogP contribution >= 0.6 is 0 Å². The first-order valence-electron chi connectivity index (χ1n) is 2.04. The molecule has 0 aromatic heterocycles. The molecular formula is C3H9O4SiZn. The molecule has 0 rings (SSSR count). The zero-order chi connectivity index (χ0) is 6.62. The van der Waals surface area contributed by atoms with Crippen LogP contribution in [0.3, 0.4) is 0 Å². The number of rotatable bonds is 3. The van der Waals surface area contributed by atoms with Crippen LogP contribution < -0.4 is 4.80 Å². The summed E-state index contributed by atoms with van der Waals surface area (Å²) in [6.45, 7) is 0. The van der Waals surface area contributed by atoms with Crippen molar-refractivity contribution in [2.45, 2.75) is 0 Å². The molecule has 0 saturated carbocycles. The average molecular weight is 203 g/mol. The van der Waals surface area contributed by atoms with Crippen LogP contribution in [0.15, 0.2) is 0 Å². The molecule has 1 radical (unpaired) electrons. The van der Waals surface area contributed by atoms with Crippen LogP contribution in [-0.2, 0) is 32.8 Å². The Kier molecular flexibility index (Phi) is 7.51. The van der Waals surface area contributed by atoms with Crippen molar-refractivity contribution in [3.63, 3.8) is 0 Å². The standard InChI is InChI=1S/C3H9O4Si.Zn/c1-5-8(4,6-2)7-3;/h1-3H3;/q-1;+1. The average Bonchev–Trinajstić information content (AvgIpc) is 1.87. The van der Waals surface area contributed by atoms with E-state index in [1.54, 1.807) is 0 Å². The van der Waals surface area contributed by atoms with Crippen LogP contribution in [-0.4, -0.2) is 30.4 Å². The molecule has 0 aliphatic carbocycles. The number of hydrogen-bond donors (Lipinski definition) is 0. The molecule has 0 saturated heterocycles. The second-order valence-corrected chi connectivity index (χ2v) is 3.34. The molecule has 0 unspecified atom stereocenters. The summed E-state index contributed by atoms with van der Waals surface area (Å²) in [5, 5.41) is 0. The minimum absolute atomic E-state index is 0. The summed E-state index contributed by atoms with van der Waals surface area (Å²) in [6, 6.07) is 0. The summed E-state index contributed by atoms with van der Waals surface area (Å²) in [5.41, 5.74) is 0. The van der Waals surface area contributed by atoms with Gasteiger partial charge in [-0.2, -0.15) is 0 Å². The largest absolute Gasteiger partial charge is 1.00 e. The van der Waals surface area contributed by atoms with Gasteiger partial charge in [0.25, 0.3) is 0 Å². The molecular weight excluding hydrogens is 194 g/mol. The molecule has 0 aliphatic heterocycles. The van der Waals surface area contributed by atoms with Gasteiger partial charge in [0, 0.05) is 21.3 Å². The van der Waals surface area contributed by atoms with Crippen LogP contribution in [0, 0.1) is 0 Å². The van der Waals surface area contributed by atoms with E-state index in [2.05, 4.69) is 13.3 Å². The van der Waals surface area contributed by atoms with Crippen molar-refractivity contribution in [1.29, 1.82) is 0 Å². The molecule has 0 atom stereocenters. The Morgan fingerprint density at radius 3 is 1.22 bits per heavy atom. The van der Waals surface area contributed by atoms with Gasteiger partial charge in [0.05, 0.1) is 0 Å². The topological polar surface area (TPSA) is 50.8 Å². The van der Waals surface area contributed by atoms with E-state index in [9.17, 15) is 4.80 Å². The SMILES string of the molecule is CO[Si]([O-])(OC)OC.[Zn+]. The number of hydrogen-bond acceptors (Lipinski definition) is 4. The van der Waals surface area contributed by atoms with Crippen LogP contribution in [0.1, 0.15) is 0 Å². The zero-order valence-corrected chi connectivity index (χ0v) is 9.81. The fourth-order valence-electron chi connectivity index (χ4n) is 0.250. The minimum atomic E-state index is -3.42. The van der Waals surface area contributed by atoms with Gasteiger partial charge in [-0.1, -0.05) is 0 Å². The summed E-state index contributed by atoms with van der Waals surface area (Å²) in [4.78, 5) is 10.7. The third-order valence-electron chi connectivity index (χ3n) is 0.750. The van der Waals surface area contributed by atoms with Crippen LogP contribution in [0.25, 0.3) is 0 Å². The second-order valence-electron chi connectivity index (χ2n) is 1.11. The maximum Gasteiger partial charge on any atom is 1.00 e. The van der Waals surface area contributed by atoms with Crippen molar-refractivity contribution in [2.75, 3.05) is 21.3 Å². The third-order valence-corrected chi connectivity index (χ3v) is 2.25. The van der Waals surface area contributed by atoms with E-state index in [0.29, 0.717) is 0 Å². The smallest absolute Gasteiger partial charge is 0.793 e. The van der Waals surface area contributed by atoms with Crippen molar-refractivity contribution < 1.29 is 37.6 Å². The zero-order valence-electron chi connectivity index (χ0n) is 5.84. The van der Waals surface area contributed by atoms with Gasteiger partial charge in [0.1, 0.15) is 0 Å². The van der Waals surface area contributed by atoms with Gasteiger partial charge in [-0.3, -0.25) is 0 Å². The maximum atomic E-state index is 10.7. The van der Waals surface area contributed by atoms with Gasteiger partial charge in [0.2, 0.25) is 0 Å². The van der Waals surface area contributed by atoms with Gasteiger partial charge in [-0.15, -0.1) is 0 Å². The predicted molar refractivity (Wildman–Crippen MR) is 26.8 cm³/mol. The third kappa shape index (κ3) is 4.13. The minimum Gasteiger partial charge on any atom is -0.793 e. The molecule has 9 heavy (non-hydrogen) atoms. The fourth-order valence-corrected chi connectivity index (χ4v) is 0.750. The molecule has 6 heteroatoms. The molecule has 0 aromatic carbocycles. The van der Waals surface area contributed by atoms with Crippen molar-refractivity contribution in [2.24, 2.45) is 0 Å². The molecule has 0 heterocycles. The Balaban J connectivity index is 0. The first-order chi connectivity index (χ1) is 3.68. The van der Waals surface area contributed by atoms with E-state index in [1.807, 2.05) is 0 Å². The molecule has 0 bridgehead atoms. The summed E-state index contributed by atoms with van der Waals surface area (Å²) in [7, 11) is 0.389. The van der Waals surface area contributed by atoms with E-state index in [-0.39, 0.29) is 19.5 Å². The summed E-state index contributed by atoms with van der Waals surface area (Å²) in [6.07, 6.45) is 0. The molecule has 0 spiro atoms. The molecule has 0 aromatic rings. The van der Waals surface area contributed by atoms with Gasteiger partial charge in [-0.05, 0) is 0 Å². The van der Waals surface area contributed by atoms with Crippen LogP contribution in [0.2, 0.25) is 0 Å². The fraction of sp³-hybridized carbons (Fsp3) is 1.00. The van der Waals surface area contributed by atoms with Crippen molar-refractivity contribution in [3.05, 3.63) is 0 Å². The van der Waals surface area contributed by atoms with Crippen LogP contribution in [0.4, 0.5) is 0 Å². The van der Waals surface area contributed by atoms with E-state index in [0.717, 1.165) is 0 Å². The van der Waals surface area contributed by atoms with Gasteiger partial charge in [-0.25, -0.2) is 0 Å². The Morgan fingerprint density at radius 2 is 1.22 bits per heavy atom. The van der Waals surface area contributed by atoms with Crippen LogP contribution in [0.5, 0.6) is 0 Å². The molecule has 0 amide bonds. The first-order valence-corrected chi connectivity index (χ1v) is 3.67. The first kappa shape index (κ1) is 12.4. The normalized spacial score (nSPS) is 10.7. The van der Waals surface area contributed by atoms with E-state index in [1.165, 1.54) is 21.3 Å². The molecule has 4 nitrogen and oxygen atoms in total. The molecule has 0 N–H and O–H groups in total. The molecule has 0 fully saturated rings. The van der Waals surface area contributed by atoms with E-state index < -0.39 is 9.05 Å². The monoisotopic (exact) mass is 201 g/mol. The second kappa shape index (κ2) is 5.46. The predicted octanol–water partition coefficient (Wildman–Crippen LogP) is -1.28. The summed E-state index contributed by atoms with van der Waals surface area (Å²) in [5.74, 6) is 0.